The van der Waals surface area contributed by atoms with Crippen LogP contribution in [0.2, 0.25) is 0 Å². The van der Waals surface area contributed by atoms with E-state index in [-0.39, 0.29) is 110 Å². The second-order valence-corrected chi connectivity index (χ2v) is 12.6. The summed E-state index contributed by atoms with van der Waals surface area (Å²) >= 11 is 0. The summed E-state index contributed by atoms with van der Waals surface area (Å²) in [6.45, 7) is -1.22. The molecular weight excluding hydrogens is 634 g/mol. The molecule has 0 saturated carbocycles. The Morgan fingerprint density at radius 1 is 0.907 bits per heavy atom. The molecule has 2 aliphatic heterocycles. The van der Waals surface area contributed by atoms with Crippen molar-refractivity contribution in [2.75, 3.05) is 6.61 Å². The van der Waals surface area contributed by atoms with Crippen molar-refractivity contribution in [1.29, 1.82) is 0 Å². The number of hydrogen-bond acceptors (Lipinski definition) is 12. The van der Waals surface area contributed by atoms with Crippen molar-refractivity contribution < 1.29 is 127 Å². The third kappa shape index (κ3) is 6.59. The first-order chi connectivity index (χ1) is 19.1. The third-order valence-corrected chi connectivity index (χ3v) is 9.50. The number of carbonyl (C=O) groups is 3. The second kappa shape index (κ2) is 12.6. The number of phenols is 2. The summed E-state index contributed by atoms with van der Waals surface area (Å²) in [7, 11) is -11.6. The van der Waals surface area contributed by atoms with Gasteiger partial charge in [-0.25, -0.2) is 9.59 Å². The predicted molar refractivity (Wildman–Crippen MR) is 130 cm³/mol. The number of benzene rings is 3. The van der Waals surface area contributed by atoms with Crippen LogP contribution in [0.3, 0.4) is 0 Å². The zero-order chi connectivity index (χ0) is 29.9. The first-order valence-electron chi connectivity index (χ1n) is 11.4. The number of phenolic OH excluding ortho intramolecular Hbond substituents is 2. The summed E-state index contributed by atoms with van der Waals surface area (Å²) in [4.78, 5) is 78.2. The molecule has 5 N–H and O–H groups in total. The van der Waals surface area contributed by atoms with Gasteiger partial charge in [-0.1, -0.05) is 0 Å². The smallest absolute Gasteiger partial charge is 0.809 e. The molecule has 0 bridgehead atoms. The molecule has 15 nitrogen and oxygen atoms in total. The molecule has 2 heterocycles. The Hall–Kier alpha value is -2.23. The van der Waals surface area contributed by atoms with Gasteiger partial charge in [-0.2, -0.15) is 0 Å². The number of carbonyl (C=O) groups excluding carboxylic acids is 3. The number of nitrogens with one attached hydrogen (secondary N) is 1. The molecule has 0 aromatic heterocycles. The van der Waals surface area contributed by atoms with Crippen LogP contribution in [0.15, 0.2) is 54.6 Å². The summed E-state index contributed by atoms with van der Waals surface area (Å²) in [5.74, 6) is -3.60. The average Bonchev–Trinajstić information content (AvgIpc) is 3.16. The van der Waals surface area contributed by atoms with E-state index >= 15 is 0 Å². The molecule has 0 fully saturated rings. The Morgan fingerprint density at radius 3 is 1.98 bits per heavy atom. The molecule has 2 aliphatic rings. The largest absolute Gasteiger partial charge is 1.00 e. The van der Waals surface area contributed by atoms with E-state index in [1.54, 1.807) is 0 Å². The van der Waals surface area contributed by atoms with Gasteiger partial charge >= 0.3 is 78.6 Å². The van der Waals surface area contributed by atoms with Gasteiger partial charge in [0.05, 0.1) is 11.1 Å². The number of rotatable bonds is 6. The molecule has 0 aliphatic carbocycles. The predicted octanol–water partition coefficient (Wildman–Crippen LogP) is -5.68. The molecule has 3 aromatic carbocycles. The first-order valence-corrected chi connectivity index (χ1v) is 14.7. The van der Waals surface area contributed by atoms with Gasteiger partial charge in [-0.05, 0) is 50.1 Å². The van der Waals surface area contributed by atoms with Crippen LogP contribution in [0.4, 0.5) is 0 Å². The van der Waals surface area contributed by atoms with Crippen LogP contribution in [0.5, 0.6) is 23.0 Å². The Labute approximate surface area is 286 Å². The maximum Gasteiger partial charge on any atom is 1.00 e. The van der Waals surface area contributed by atoms with Crippen molar-refractivity contribution >= 4 is 33.0 Å². The minimum absolute atomic E-state index is 0. The van der Waals surface area contributed by atoms with Crippen LogP contribution >= 0.6 is 15.2 Å². The van der Waals surface area contributed by atoms with Crippen molar-refractivity contribution in [3.8, 4) is 23.0 Å². The van der Waals surface area contributed by atoms with E-state index < -0.39 is 50.8 Å². The van der Waals surface area contributed by atoms with Crippen LogP contribution in [-0.4, -0.2) is 50.0 Å². The molecule has 1 spiro atoms. The monoisotopic (exact) mass is 651 g/mol. The molecule has 43 heavy (non-hydrogen) atoms. The minimum atomic E-state index is -5.97. The van der Waals surface area contributed by atoms with E-state index in [9.17, 15) is 43.5 Å². The maximum absolute atomic E-state index is 13.0. The Bertz CT molecular complexity index is 1660. The quantitative estimate of drug-likeness (QED) is 0.0947. The van der Waals surface area contributed by atoms with Crippen molar-refractivity contribution in [2.24, 2.45) is 0 Å². The Balaban J connectivity index is 0.00000253. The molecule has 5 rings (SSSR count). The Kier molecular flexibility index (Phi) is 10.4. The van der Waals surface area contributed by atoms with E-state index in [1.807, 2.05) is 0 Å². The Morgan fingerprint density at radius 2 is 1.47 bits per heavy atom. The van der Waals surface area contributed by atoms with Gasteiger partial charge in [0.25, 0.3) is 5.91 Å². The molecule has 0 radical (unpaired) electrons. The molecular formula is C24H17NNa2O14P2. The number of aromatic hydroxyl groups is 2. The molecule has 214 valence electrons. The molecule has 1 unspecified atom stereocenters. The van der Waals surface area contributed by atoms with Gasteiger partial charge in [-0.3, -0.25) is 9.36 Å². The fourth-order valence-corrected chi connectivity index (χ4v) is 6.66. The zero-order valence-corrected chi connectivity index (χ0v) is 28.0. The topological polar surface area (TPSA) is 252 Å². The van der Waals surface area contributed by atoms with Crippen LogP contribution in [0.25, 0.3) is 0 Å². The summed E-state index contributed by atoms with van der Waals surface area (Å²) in [6, 6.07) is 11.7. The van der Waals surface area contributed by atoms with Gasteiger partial charge in [-0.15, -0.1) is 0 Å². The van der Waals surface area contributed by atoms with Gasteiger partial charge in [0.15, 0.2) is 17.7 Å². The summed E-state index contributed by atoms with van der Waals surface area (Å²) < 4.78 is 39.0. The van der Waals surface area contributed by atoms with Crippen LogP contribution in [0.1, 0.15) is 37.4 Å². The standard InChI is InChI=1S/C24H19NO14P2.2Na/c26-12-2-5-15-18(8-12)38-19-9-13(27)3-6-16(19)24(15)17-7-11(1-4-14(17)22(30)39-24)21(29)37-10-20(28)25-23(40(31,32)33)41(34,35)36;;/h1-9,23,26-27H,10H2,(H,25,28)(H2,31,32,33)(H2,34,35,36);;/q;2*+1/p-2. The number of esters is 2. The SMILES string of the molecule is O=C(COC(=O)c1ccc2c(c1)C1(OC2=O)c2ccc(O)cc2Oc2cc(O)ccc21)NC(P(=O)([O-])[O-])P(=O)(O)O.[Na+].[Na+]. The van der Waals surface area contributed by atoms with Crippen molar-refractivity contribution in [2.45, 2.75) is 11.1 Å². The molecule has 1 amide bonds. The van der Waals surface area contributed by atoms with Gasteiger partial charge < -0.3 is 53.9 Å². The second-order valence-electron chi connectivity index (χ2n) is 8.94. The van der Waals surface area contributed by atoms with Crippen LogP contribution in [-0.2, 0) is 29.0 Å². The third-order valence-electron chi connectivity index (χ3n) is 6.25. The fraction of sp³-hybridized carbons (Fsp3) is 0.125. The summed E-state index contributed by atoms with van der Waals surface area (Å²) in [6.07, 6.45) is 0. The molecule has 19 heteroatoms. The minimum Gasteiger partial charge on any atom is -0.809 e. The number of fused-ring (bicyclic) bond motifs is 6. The number of amides is 1. The maximum atomic E-state index is 13.0. The van der Waals surface area contributed by atoms with Crippen molar-refractivity contribution in [3.63, 3.8) is 0 Å². The number of hydrogen-bond donors (Lipinski definition) is 5. The van der Waals surface area contributed by atoms with Gasteiger partial charge in [0, 0.05) is 28.8 Å². The number of ether oxygens (including phenoxy) is 3. The van der Waals surface area contributed by atoms with Crippen LogP contribution < -0.4 is 79.0 Å². The molecule has 0 saturated heterocycles. The van der Waals surface area contributed by atoms with E-state index in [0.717, 1.165) is 0 Å². The van der Waals surface area contributed by atoms with E-state index in [0.29, 0.717) is 0 Å². The molecule has 1 atom stereocenters. The van der Waals surface area contributed by atoms with E-state index in [4.69, 9.17) is 24.0 Å². The van der Waals surface area contributed by atoms with Crippen molar-refractivity contribution in [3.05, 3.63) is 82.4 Å². The fourth-order valence-electron chi connectivity index (χ4n) is 4.57. The summed E-state index contributed by atoms with van der Waals surface area (Å²) in [5, 5.41) is 21.4. The van der Waals surface area contributed by atoms with Crippen molar-refractivity contribution in [1.82, 2.24) is 5.32 Å². The van der Waals surface area contributed by atoms with E-state index in [2.05, 4.69) is 0 Å². The summed E-state index contributed by atoms with van der Waals surface area (Å²) in [5.41, 5.74) is -4.25. The zero-order valence-electron chi connectivity index (χ0n) is 22.2. The van der Waals surface area contributed by atoms with Gasteiger partial charge in [0.1, 0.15) is 23.0 Å². The van der Waals surface area contributed by atoms with E-state index in [1.165, 1.54) is 59.9 Å². The average molecular weight is 651 g/mol. The molecule has 3 aromatic rings. The normalized spacial score (nSPS) is 14.8. The van der Waals surface area contributed by atoms with Crippen LogP contribution in [0, 0.1) is 0 Å². The first kappa shape index (κ1) is 35.3. The van der Waals surface area contributed by atoms with Gasteiger partial charge in [0.2, 0.25) is 0 Å².